The van der Waals surface area contributed by atoms with Crippen LogP contribution in [0.15, 0.2) is 22.7 Å². The van der Waals surface area contributed by atoms with Gasteiger partial charge in [0.25, 0.3) is 0 Å². The van der Waals surface area contributed by atoms with Gasteiger partial charge in [-0.05, 0) is 38.0 Å². The van der Waals surface area contributed by atoms with E-state index >= 15 is 0 Å². The van der Waals surface area contributed by atoms with Crippen LogP contribution >= 0.6 is 15.9 Å². The van der Waals surface area contributed by atoms with Gasteiger partial charge in [0.1, 0.15) is 5.82 Å². The van der Waals surface area contributed by atoms with Crippen LogP contribution < -0.4 is 0 Å². The SMILES string of the molecule is Cc1nc(C2CC2)c2cc(Br)ccc2n1. The van der Waals surface area contributed by atoms with E-state index in [-0.39, 0.29) is 0 Å². The molecule has 1 saturated carbocycles. The van der Waals surface area contributed by atoms with Crippen LogP contribution in [0, 0.1) is 6.92 Å². The fraction of sp³-hybridized carbons (Fsp3) is 0.333. The van der Waals surface area contributed by atoms with E-state index in [2.05, 4.69) is 38.0 Å². The van der Waals surface area contributed by atoms with Crippen LogP contribution in [0.5, 0.6) is 0 Å². The number of aromatic nitrogens is 2. The van der Waals surface area contributed by atoms with Gasteiger partial charge in [-0.2, -0.15) is 0 Å². The number of nitrogens with zero attached hydrogens (tertiary/aromatic N) is 2. The zero-order valence-corrected chi connectivity index (χ0v) is 10.1. The Morgan fingerprint density at radius 3 is 2.80 bits per heavy atom. The third-order valence-corrected chi connectivity index (χ3v) is 3.26. The fourth-order valence-electron chi connectivity index (χ4n) is 1.91. The molecule has 0 N–H and O–H groups in total. The number of halogens is 1. The van der Waals surface area contributed by atoms with Crippen LogP contribution in [0.2, 0.25) is 0 Å². The lowest BCUT2D eigenvalue weighted by Crippen LogP contribution is -1.96. The number of rotatable bonds is 1. The monoisotopic (exact) mass is 262 g/mol. The minimum absolute atomic E-state index is 0.670. The second-order valence-corrected chi connectivity index (χ2v) is 5.01. The molecule has 0 atom stereocenters. The third-order valence-electron chi connectivity index (χ3n) is 2.76. The minimum Gasteiger partial charge on any atom is -0.237 e. The van der Waals surface area contributed by atoms with E-state index < -0.39 is 0 Å². The Hall–Kier alpha value is -0.960. The van der Waals surface area contributed by atoms with Crippen molar-refractivity contribution in [3.05, 3.63) is 34.2 Å². The highest BCUT2D eigenvalue weighted by Gasteiger charge is 2.27. The maximum Gasteiger partial charge on any atom is 0.126 e. The van der Waals surface area contributed by atoms with Crippen molar-refractivity contribution >= 4 is 26.8 Å². The zero-order chi connectivity index (χ0) is 10.4. The molecule has 0 unspecified atom stereocenters. The first-order chi connectivity index (χ1) is 7.24. The minimum atomic E-state index is 0.670. The molecule has 0 spiro atoms. The number of benzene rings is 1. The number of fused-ring (bicyclic) bond motifs is 1. The third kappa shape index (κ3) is 1.65. The Morgan fingerprint density at radius 1 is 1.27 bits per heavy atom. The molecule has 3 rings (SSSR count). The van der Waals surface area contributed by atoms with Gasteiger partial charge in [-0.15, -0.1) is 0 Å². The highest BCUT2D eigenvalue weighted by atomic mass is 79.9. The molecule has 1 heterocycles. The van der Waals surface area contributed by atoms with Gasteiger partial charge < -0.3 is 0 Å². The summed E-state index contributed by atoms with van der Waals surface area (Å²) in [5.41, 5.74) is 2.30. The van der Waals surface area contributed by atoms with Gasteiger partial charge in [-0.25, -0.2) is 9.97 Å². The quantitative estimate of drug-likeness (QED) is 0.785. The number of hydrogen-bond acceptors (Lipinski definition) is 2. The molecule has 1 aromatic carbocycles. The molecule has 76 valence electrons. The van der Waals surface area contributed by atoms with Gasteiger partial charge in [-0.3, -0.25) is 0 Å². The Labute approximate surface area is 96.9 Å². The Morgan fingerprint density at radius 2 is 2.07 bits per heavy atom. The molecule has 0 saturated heterocycles. The van der Waals surface area contributed by atoms with Crippen molar-refractivity contribution in [1.82, 2.24) is 9.97 Å². The van der Waals surface area contributed by atoms with Crippen molar-refractivity contribution in [3.63, 3.8) is 0 Å². The first kappa shape index (κ1) is 9.28. The lowest BCUT2D eigenvalue weighted by atomic mass is 10.1. The van der Waals surface area contributed by atoms with E-state index in [0.29, 0.717) is 5.92 Å². The van der Waals surface area contributed by atoms with Crippen molar-refractivity contribution in [2.75, 3.05) is 0 Å². The normalized spacial score (nSPS) is 15.9. The van der Waals surface area contributed by atoms with Gasteiger partial charge >= 0.3 is 0 Å². The topological polar surface area (TPSA) is 25.8 Å². The van der Waals surface area contributed by atoms with Gasteiger partial charge in [0.15, 0.2) is 0 Å². The summed E-state index contributed by atoms with van der Waals surface area (Å²) in [6.45, 7) is 1.97. The summed E-state index contributed by atoms with van der Waals surface area (Å²) >= 11 is 3.50. The fourth-order valence-corrected chi connectivity index (χ4v) is 2.27. The van der Waals surface area contributed by atoms with E-state index in [1.807, 2.05) is 13.0 Å². The summed E-state index contributed by atoms with van der Waals surface area (Å²) < 4.78 is 1.10. The average Bonchev–Trinajstić information content (AvgIpc) is 3.01. The van der Waals surface area contributed by atoms with E-state index in [0.717, 1.165) is 15.8 Å². The molecule has 0 amide bonds. The molecular formula is C12H11BrN2. The smallest absolute Gasteiger partial charge is 0.126 e. The lowest BCUT2D eigenvalue weighted by Gasteiger charge is -2.05. The standard InChI is InChI=1S/C12H11BrN2/c1-7-14-11-5-4-9(13)6-10(11)12(15-7)8-2-3-8/h4-6,8H,2-3H2,1H3. The largest absolute Gasteiger partial charge is 0.237 e. The van der Waals surface area contributed by atoms with Crippen molar-refractivity contribution in [1.29, 1.82) is 0 Å². The second-order valence-electron chi connectivity index (χ2n) is 4.09. The zero-order valence-electron chi connectivity index (χ0n) is 8.50. The highest BCUT2D eigenvalue weighted by molar-refractivity contribution is 9.10. The molecular weight excluding hydrogens is 252 g/mol. The molecule has 1 aliphatic carbocycles. The Balaban J connectivity index is 2.34. The molecule has 1 aromatic heterocycles. The number of hydrogen-bond donors (Lipinski definition) is 0. The maximum atomic E-state index is 4.57. The summed E-state index contributed by atoms with van der Waals surface area (Å²) in [6.07, 6.45) is 2.55. The molecule has 2 nitrogen and oxygen atoms in total. The molecule has 1 aliphatic rings. The summed E-state index contributed by atoms with van der Waals surface area (Å²) in [5, 5.41) is 1.21. The molecule has 1 fully saturated rings. The van der Waals surface area contributed by atoms with Gasteiger partial charge in [-0.1, -0.05) is 15.9 Å². The van der Waals surface area contributed by atoms with Gasteiger partial charge in [0, 0.05) is 15.8 Å². The van der Waals surface area contributed by atoms with Crippen LogP contribution in [0.4, 0.5) is 0 Å². The maximum absolute atomic E-state index is 4.57. The van der Waals surface area contributed by atoms with Crippen molar-refractivity contribution < 1.29 is 0 Å². The van der Waals surface area contributed by atoms with E-state index in [4.69, 9.17) is 0 Å². The van der Waals surface area contributed by atoms with Gasteiger partial charge in [0.05, 0.1) is 11.2 Å². The van der Waals surface area contributed by atoms with Gasteiger partial charge in [0.2, 0.25) is 0 Å². The van der Waals surface area contributed by atoms with Crippen LogP contribution in [0.25, 0.3) is 10.9 Å². The van der Waals surface area contributed by atoms with Crippen molar-refractivity contribution in [2.24, 2.45) is 0 Å². The van der Waals surface area contributed by atoms with Crippen molar-refractivity contribution in [2.45, 2.75) is 25.7 Å². The average molecular weight is 263 g/mol. The molecule has 15 heavy (non-hydrogen) atoms. The molecule has 2 aromatic rings. The van der Waals surface area contributed by atoms with E-state index in [1.54, 1.807) is 0 Å². The highest BCUT2D eigenvalue weighted by Crippen LogP contribution is 2.42. The van der Waals surface area contributed by atoms with Crippen LogP contribution in [-0.2, 0) is 0 Å². The predicted molar refractivity (Wildman–Crippen MR) is 64.0 cm³/mol. The van der Waals surface area contributed by atoms with Crippen LogP contribution in [0.3, 0.4) is 0 Å². The summed E-state index contributed by atoms with van der Waals surface area (Å²) in [7, 11) is 0. The van der Waals surface area contributed by atoms with E-state index in [9.17, 15) is 0 Å². The Kier molecular flexibility index (Phi) is 2.02. The van der Waals surface area contributed by atoms with Crippen LogP contribution in [-0.4, -0.2) is 9.97 Å². The molecule has 0 aliphatic heterocycles. The Bertz CT molecular complexity index is 532. The second kappa shape index (κ2) is 3.27. The predicted octanol–water partition coefficient (Wildman–Crippen LogP) is 3.58. The number of aryl methyl sites for hydroxylation is 1. The first-order valence-corrected chi connectivity index (χ1v) is 5.97. The lowest BCUT2D eigenvalue weighted by molar-refractivity contribution is 0.972. The summed E-state index contributed by atoms with van der Waals surface area (Å²) in [5.74, 6) is 1.55. The first-order valence-electron chi connectivity index (χ1n) is 5.18. The molecule has 0 bridgehead atoms. The van der Waals surface area contributed by atoms with Crippen molar-refractivity contribution in [3.8, 4) is 0 Å². The molecule has 3 heteroatoms. The van der Waals surface area contributed by atoms with Crippen LogP contribution in [0.1, 0.15) is 30.3 Å². The summed E-state index contributed by atoms with van der Waals surface area (Å²) in [6, 6.07) is 6.22. The van der Waals surface area contributed by atoms with E-state index in [1.165, 1.54) is 23.9 Å². The molecule has 0 radical (unpaired) electrons. The summed E-state index contributed by atoms with van der Waals surface area (Å²) in [4.78, 5) is 9.03.